The van der Waals surface area contributed by atoms with Crippen molar-refractivity contribution in [3.8, 4) is 0 Å². The Balaban J connectivity index is 4.32. The Labute approximate surface area is 89.5 Å². The van der Waals surface area contributed by atoms with Crippen LogP contribution in [0, 0.1) is 0 Å². The van der Waals surface area contributed by atoms with E-state index in [0.717, 1.165) is 6.42 Å². The molecule has 0 aromatic rings. The molecule has 1 nitrogen and oxygen atoms in total. The summed E-state index contributed by atoms with van der Waals surface area (Å²) in [5.74, 6) is 0. The van der Waals surface area contributed by atoms with Crippen LogP contribution in [0.2, 0.25) is 0 Å². The molecular weight excluding hydrogens is 170 g/mol. The Morgan fingerprint density at radius 2 is 1.79 bits per heavy atom. The van der Waals surface area contributed by atoms with Crippen molar-refractivity contribution in [2.45, 2.75) is 46.5 Å². The Hall–Kier alpha value is -0.720. The highest BCUT2D eigenvalue weighted by atomic mass is 15.1. The van der Waals surface area contributed by atoms with Gasteiger partial charge in [-0.25, -0.2) is 0 Å². The molecule has 0 unspecified atom stereocenters. The lowest BCUT2D eigenvalue weighted by atomic mass is 10.1. The van der Waals surface area contributed by atoms with Crippen molar-refractivity contribution >= 4 is 0 Å². The molecule has 0 amide bonds. The van der Waals surface area contributed by atoms with E-state index < -0.39 is 0 Å². The van der Waals surface area contributed by atoms with Crippen LogP contribution in [0.1, 0.15) is 46.5 Å². The first-order valence-corrected chi connectivity index (χ1v) is 5.65. The molecule has 0 saturated heterocycles. The van der Waals surface area contributed by atoms with E-state index in [0.29, 0.717) is 0 Å². The van der Waals surface area contributed by atoms with Gasteiger partial charge in [-0.3, -0.25) is 0 Å². The average molecular weight is 195 g/mol. The molecule has 0 aliphatic rings. The topological polar surface area (TPSA) is 3.24 Å². The molecule has 0 saturated carbocycles. The smallest absolute Gasteiger partial charge is 0.0127 e. The van der Waals surface area contributed by atoms with Gasteiger partial charge >= 0.3 is 0 Å². The highest BCUT2D eigenvalue weighted by Gasteiger charge is 1.97. The maximum atomic E-state index is 2.26. The normalized spacial score (nSPS) is 13.2. The van der Waals surface area contributed by atoms with Crippen LogP contribution in [0.3, 0.4) is 0 Å². The molecule has 0 aromatic heterocycles. The third-order valence-electron chi connectivity index (χ3n) is 2.48. The molecule has 0 rings (SSSR count). The maximum Gasteiger partial charge on any atom is 0.0127 e. The lowest BCUT2D eigenvalue weighted by Crippen LogP contribution is -2.10. The maximum absolute atomic E-state index is 2.26. The molecule has 0 aliphatic carbocycles. The summed E-state index contributed by atoms with van der Waals surface area (Å²) in [6, 6.07) is 0. The third-order valence-corrected chi connectivity index (χ3v) is 2.48. The molecule has 0 N–H and O–H groups in total. The van der Waals surface area contributed by atoms with E-state index in [2.05, 4.69) is 51.9 Å². The zero-order valence-electron chi connectivity index (χ0n) is 10.4. The zero-order valence-corrected chi connectivity index (χ0v) is 10.4. The standard InChI is InChI=1S/C13H25N/c1-6-8-9-13(14(4)5)11-10-12(3)7-2/h10-11H,6-9H2,1-5H3/b12-10-,13-11-. The van der Waals surface area contributed by atoms with E-state index in [1.54, 1.807) is 0 Å². The molecule has 82 valence electrons. The minimum Gasteiger partial charge on any atom is -0.381 e. The fourth-order valence-corrected chi connectivity index (χ4v) is 1.17. The number of rotatable bonds is 6. The van der Waals surface area contributed by atoms with Crippen LogP contribution >= 0.6 is 0 Å². The van der Waals surface area contributed by atoms with E-state index >= 15 is 0 Å². The monoisotopic (exact) mass is 195 g/mol. The van der Waals surface area contributed by atoms with E-state index in [-0.39, 0.29) is 0 Å². The molecule has 0 heterocycles. The van der Waals surface area contributed by atoms with Gasteiger partial charge in [-0.05, 0) is 32.3 Å². The predicted molar refractivity (Wildman–Crippen MR) is 65.3 cm³/mol. The summed E-state index contributed by atoms with van der Waals surface area (Å²) in [4.78, 5) is 2.22. The zero-order chi connectivity index (χ0) is 11.0. The van der Waals surface area contributed by atoms with E-state index in [9.17, 15) is 0 Å². The van der Waals surface area contributed by atoms with E-state index in [4.69, 9.17) is 0 Å². The van der Waals surface area contributed by atoms with Gasteiger partial charge in [0.2, 0.25) is 0 Å². The SMILES string of the molecule is CCCC/C(=C/C=C(/C)CC)N(C)C. The Kier molecular flexibility index (Phi) is 7.27. The molecule has 1 heteroatoms. The van der Waals surface area contributed by atoms with Crippen molar-refractivity contribution < 1.29 is 0 Å². The second-order valence-electron chi connectivity index (χ2n) is 4.02. The van der Waals surface area contributed by atoms with Crippen LogP contribution in [0.15, 0.2) is 23.4 Å². The number of unbranched alkanes of at least 4 members (excludes halogenated alkanes) is 1. The average Bonchev–Trinajstić information content (AvgIpc) is 2.16. The third kappa shape index (κ3) is 5.85. The molecule has 14 heavy (non-hydrogen) atoms. The van der Waals surface area contributed by atoms with Crippen molar-refractivity contribution in [3.05, 3.63) is 23.4 Å². The molecule has 0 spiro atoms. The second kappa shape index (κ2) is 7.66. The molecule has 0 aromatic carbocycles. The van der Waals surface area contributed by atoms with Gasteiger partial charge in [0.1, 0.15) is 0 Å². The molecule has 0 radical (unpaired) electrons. The highest BCUT2D eigenvalue weighted by molar-refractivity contribution is 5.15. The van der Waals surface area contributed by atoms with Crippen molar-refractivity contribution in [1.29, 1.82) is 0 Å². The number of hydrogen-bond donors (Lipinski definition) is 0. The first-order valence-electron chi connectivity index (χ1n) is 5.65. The summed E-state index contributed by atoms with van der Waals surface area (Å²) in [6.07, 6.45) is 9.38. The summed E-state index contributed by atoms with van der Waals surface area (Å²) < 4.78 is 0. The molecule has 0 aliphatic heterocycles. The van der Waals surface area contributed by atoms with Gasteiger partial charge in [0.05, 0.1) is 0 Å². The van der Waals surface area contributed by atoms with Gasteiger partial charge in [0.15, 0.2) is 0 Å². The molecular formula is C13H25N. The summed E-state index contributed by atoms with van der Waals surface area (Å²) in [5, 5.41) is 0. The van der Waals surface area contributed by atoms with Crippen LogP contribution in [0.5, 0.6) is 0 Å². The van der Waals surface area contributed by atoms with Gasteiger partial charge < -0.3 is 4.90 Å². The van der Waals surface area contributed by atoms with Crippen LogP contribution in [0.4, 0.5) is 0 Å². The highest BCUT2D eigenvalue weighted by Crippen LogP contribution is 2.11. The predicted octanol–water partition coefficient (Wildman–Crippen LogP) is 3.98. The fourth-order valence-electron chi connectivity index (χ4n) is 1.17. The summed E-state index contributed by atoms with van der Waals surface area (Å²) in [5.41, 5.74) is 2.88. The van der Waals surface area contributed by atoms with E-state index in [1.807, 2.05) is 0 Å². The first-order chi connectivity index (χ1) is 6.61. The fraction of sp³-hybridized carbons (Fsp3) is 0.692. The molecule has 0 atom stereocenters. The summed E-state index contributed by atoms with van der Waals surface area (Å²) in [6.45, 7) is 6.62. The Morgan fingerprint density at radius 1 is 1.14 bits per heavy atom. The van der Waals surface area contributed by atoms with Crippen LogP contribution in [-0.2, 0) is 0 Å². The van der Waals surface area contributed by atoms with Crippen molar-refractivity contribution in [1.82, 2.24) is 4.90 Å². The van der Waals surface area contributed by atoms with Gasteiger partial charge in [-0.1, -0.05) is 31.9 Å². The molecule has 0 fully saturated rings. The van der Waals surface area contributed by atoms with Crippen LogP contribution in [-0.4, -0.2) is 19.0 Å². The van der Waals surface area contributed by atoms with Gasteiger partial charge in [0, 0.05) is 19.8 Å². The minimum atomic E-state index is 1.14. The number of hydrogen-bond acceptors (Lipinski definition) is 1. The summed E-state index contributed by atoms with van der Waals surface area (Å²) >= 11 is 0. The second-order valence-corrected chi connectivity index (χ2v) is 4.02. The largest absolute Gasteiger partial charge is 0.381 e. The lowest BCUT2D eigenvalue weighted by Gasteiger charge is -2.16. The summed E-state index contributed by atoms with van der Waals surface area (Å²) in [7, 11) is 4.24. The van der Waals surface area contributed by atoms with Gasteiger partial charge in [-0.15, -0.1) is 0 Å². The van der Waals surface area contributed by atoms with Crippen molar-refractivity contribution in [2.24, 2.45) is 0 Å². The van der Waals surface area contributed by atoms with Crippen LogP contribution < -0.4 is 0 Å². The quantitative estimate of drug-likeness (QED) is 0.579. The van der Waals surface area contributed by atoms with Gasteiger partial charge in [0.25, 0.3) is 0 Å². The number of nitrogens with zero attached hydrogens (tertiary/aromatic N) is 1. The van der Waals surface area contributed by atoms with Gasteiger partial charge in [-0.2, -0.15) is 0 Å². The molecule has 0 bridgehead atoms. The van der Waals surface area contributed by atoms with Crippen LogP contribution in [0.25, 0.3) is 0 Å². The Bertz CT molecular complexity index is 199. The Morgan fingerprint density at radius 3 is 2.21 bits per heavy atom. The first kappa shape index (κ1) is 13.3. The van der Waals surface area contributed by atoms with E-state index in [1.165, 1.54) is 30.5 Å². The lowest BCUT2D eigenvalue weighted by molar-refractivity contribution is 0.479. The van der Waals surface area contributed by atoms with Crippen molar-refractivity contribution in [2.75, 3.05) is 14.1 Å². The minimum absolute atomic E-state index is 1.14. The number of allylic oxidation sites excluding steroid dienone is 4. The van der Waals surface area contributed by atoms with Crippen molar-refractivity contribution in [3.63, 3.8) is 0 Å².